The molecule has 5 fully saturated rings. The second-order valence-corrected chi connectivity index (χ2v) is 14.2. The number of carbonyl (C=O) groups excluding carboxylic acids is 2. The van der Waals surface area contributed by atoms with E-state index < -0.39 is 88.4 Å². The molecule has 3 aliphatic heterocycles. The van der Waals surface area contributed by atoms with Gasteiger partial charge >= 0.3 is 11.9 Å². The van der Waals surface area contributed by atoms with E-state index in [1.807, 2.05) is 37.3 Å². The molecule has 6 aliphatic rings. The van der Waals surface area contributed by atoms with Crippen LogP contribution < -0.4 is 0 Å². The molecule has 10 nitrogen and oxygen atoms in total. The van der Waals surface area contributed by atoms with Gasteiger partial charge in [-0.15, -0.1) is 0 Å². The quantitative estimate of drug-likeness (QED) is 0.0861. The van der Waals surface area contributed by atoms with Crippen LogP contribution in [0.5, 0.6) is 0 Å². The number of fused-ring (bicyclic) bond motifs is 3. The average Bonchev–Trinajstić information content (AvgIpc) is 3.68. The van der Waals surface area contributed by atoms with Gasteiger partial charge in [-0.2, -0.15) is 0 Å². The molecule has 0 radical (unpaired) electrons. The molecule has 47 heavy (non-hydrogen) atoms. The van der Waals surface area contributed by atoms with Gasteiger partial charge in [-0.1, -0.05) is 87.9 Å². The smallest absolute Gasteiger partial charge is 0.331 e. The summed E-state index contributed by atoms with van der Waals surface area (Å²) in [4.78, 5) is 27.3. The van der Waals surface area contributed by atoms with Crippen molar-refractivity contribution in [3.63, 3.8) is 0 Å². The Kier molecular flexibility index (Phi) is 7.47. The summed E-state index contributed by atoms with van der Waals surface area (Å²) >= 11 is 0. The molecule has 3 bridgehead atoms. The first-order valence-electron chi connectivity index (χ1n) is 16.6. The van der Waals surface area contributed by atoms with Crippen LogP contribution in [0, 0.1) is 17.3 Å². The fourth-order valence-corrected chi connectivity index (χ4v) is 9.52. The van der Waals surface area contributed by atoms with Crippen molar-refractivity contribution in [2.45, 2.75) is 106 Å². The minimum Gasteiger partial charge on any atom is -0.455 e. The molecular formula is C37H44O10. The van der Waals surface area contributed by atoms with E-state index in [4.69, 9.17) is 23.7 Å². The summed E-state index contributed by atoms with van der Waals surface area (Å²) in [6.45, 7) is 11.1. The second-order valence-electron chi connectivity index (χ2n) is 14.2. The standard InChI is InChI=1S/C37H44O10/c1-6-7-8-9-10-11-15-18-26(40)43-28-23(4)36-27(29-33(21-38,44-29)31(41)35(42)25(39)19-20-32(35,36)5)30-34(28,22(2)3)46-37(45-30,47-36)24-16-13-12-14-17-24/h10-20,23,27-31,38,41-42H,2,6-9,21H2,1,3-5H3/b11-10+,18-15+/t23-,27+,28-,29+,30?,31-,32-,33+,34?,35-,36?,37?/m1/s1. The maximum absolute atomic E-state index is 13.7. The highest BCUT2D eigenvalue weighted by molar-refractivity contribution is 6.02. The zero-order valence-corrected chi connectivity index (χ0v) is 27.3. The molecule has 3 saturated heterocycles. The fourth-order valence-electron chi connectivity index (χ4n) is 9.52. The van der Waals surface area contributed by atoms with Crippen LogP contribution in [0.1, 0.15) is 58.9 Å². The third kappa shape index (κ3) is 3.86. The molecule has 2 saturated carbocycles. The first-order chi connectivity index (χ1) is 22.4. The Bertz CT molecular complexity index is 1570. The number of allylic oxidation sites excluding steroid dienone is 3. The summed E-state index contributed by atoms with van der Waals surface area (Å²) in [6.07, 6.45) is 9.06. The van der Waals surface area contributed by atoms with Crippen LogP contribution in [0.25, 0.3) is 0 Å². The number of hydrogen-bond acceptors (Lipinski definition) is 10. The lowest BCUT2D eigenvalue weighted by atomic mass is 9.48. The zero-order valence-electron chi connectivity index (χ0n) is 27.3. The van der Waals surface area contributed by atoms with Gasteiger partial charge in [0.15, 0.2) is 17.0 Å². The minimum atomic E-state index is -2.47. The Morgan fingerprint density at radius 3 is 2.53 bits per heavy atom. The van der Waals surface area contributed by atoms with Gasteiger partial charge in [0.25, 0.3) is 0 Å². The number of hydrogen-bond donors (Lipinski definition) is 3. The predicted molar refractivity (Wildman–Crippen MR) is 168 cm³/mol. The van der Waals surface area contributed by atoms with E-state index in [9.17, 15) is 24.9 Å². The summed E-state index contributed by atoms with van der Waals surface area (Å²) in [6, 6.07) is 9.03. The number of aliphatic hydroxyl groups excluding tert-OH is 2. The summed E-state index contributed by atoms with van der Waals surface area (Å²) in [5, 5.41) is 35.0. The van der Waals surface area contributed by atoms with E-state index in [0.29, 0.717) is 11.1 Å². The molecule has 0 aromatic heterocycles. The van der Waals surface area contributed by atoms with Gasteiger partial charge in [-0.05, 0) is 38.3 Å². The van der Waals surface area contributed by atoms with Crippen LogP contribution in [0.3, 0.4) is 0 Å². The van der Waals surface area contributed by atoms with Crippen LogP contribution in [-0.4, -0.2) is 80.5 Å². The maximum atomic E-state index is 13.7. The van der Waals surface area contributed by atoms with Gasteiger partial charge in [0.05, 0.1) is 12.0 Å². The Labute approximate surface area is 274 Å². The molecule has 7 rings (SSSR count). The van der Waals surface area contributed by atoms with Crippen LogP contribution in [0.4, 0.5) is 0 Å². The van der Waals surface area contributed by atoms with Crippen LogP contribution >= 0.6 is 0 Å². The lowest BCUT2D eigenvalue weighted by Crippen LogP contribution is -2.79. The summed E-state index contributed by atoms with van der Waals surface area (Å²) in [5.41, 5.74) is -7.85. The first kappa shape index (κ1) is 32.6. The number of rotatable bonds is 10. The largest absolute Gasteiger partial charge is 0.455 e. The number of ether oxygens (including phenoxy) is 5. The summed E-state index contributed by atoms with van der Waals surface area (Å²) in [7, 11) is 0. The van der Waals surface area contributed by atoms with Crippen molar-refractivity contribution >= 4 is 11.8 Å². The van der Waals surface area contributed by atoms with Crippen molar-refractivity contribution in [3.05, 3.63) is 84.5 Å². The predicted octanol–water partition coefficient (Wildman–Crippen LogP) is 3.55. The molecule has 10 heteroatoms. The highest BCUT2D eigenvalue weighted by Gasteiger charge is 2.92. The normalized spacial score (nSPS) is 47.2. The van der Waals surface area contributed by atoms with Crippen molar-refractivity contribution in [1.82, 2.24) is 0 Å². The maximum Gasteiger partial charge on any atom is 0.331 e. The molecule has 252 valence electrons. The topological polar surface area (TPSA) is 144 Å². The monoisotopic (exact) mass is 648 g/mol. The Balaban J connectivity index is 1.40. The fraction of sp³-hybridized carbons (Fsp3) is 0.568. The van der Waals surface area contributed by atoms with Crippen molar-refractivity contribution in [3.8, 4) is 0 Å². The molecular weight excluding hydrogens is 604 g/mol. The third-order valence-electron chi connectivity index (χ3n) is 11.9. The van der Waals surface area contributed by atoms with Gasteiger partial charge in [0.1, 0.15) is 35.6 Å². The molecule has 1 aromatic rings. The number of esters is 1. The van der Waals surface area contributed by atoms with Crippen molar-refractivity contribution in [2.24, 2.45) is 17.3 Å². The van der Waals surface area contributed by atoms with E-state index in [-0.39, 0.29) is 0 Å². The Hall–Kier alpha value is -2.96. The molecule has 0 amide bonds. The molecule has 3 heterocycles. The van der Waals surface area contributed by atoms with E-state index in [1.54, 1.807) is 38.1 Å². The number of aliphatic hydroxyl groups is 3. The SMILES string of the molecule is C=C(C)C12OC3(c4ccccc4)OC1[C@@H]1[C@@H]4O[C@]4(CO)[C@@H](O)[C@]4(O)C(=O)C=C[C@@]4(C)C1(O3)[C@H](C)[C@H]2OC(=O)/C=C/C=C/CCCCC. The van der Waals surface area contributed by atoms with Gasteiger partial charge in [0.2, 0.25) is 0 Å². The highest BCUT2D eigenvalue weighted by Crippen LogP contribution is 2.76. The Morgan fingerprint density at radius 2 is 1.85 bits per heavy atom. The number of ketones is 1. The molecule has 4 unspecified atom stereocenters. The molecule has 3 aliphatic carbocycles. The van der Waals surface area contributed by atoms with Crippen molar-refractivity contribution in [2.75, 3.05) is 6.61 Å². The van der Waals surface area contributed by atoms with Crippen molar-refractivity contribution in [1.29, 1.82) is 0 Å². The van der Waals surface area contributed by atoms with Gasteiger partial charge in [-0.3, -0.25) is 4.79 Å². The van der Waals surface area contributed by atoms with E-state index in [1.165, 1.54) is 12.2 Å². The minimum absolute atomic E-state index is 0.502. The van der Waals surface area contributed by atoms with Crippen molar-refractivity contribution < 1.29 is 48.6 Å². The van der Waals surface area contributed by atoms with E-state index >= 15 is 0 Å². The van der Waals surface area contributed by atoms with Gasteiger partial charge in [0, 0.05) is 23.5 Å². The third-order valence-corrected chi connectivity index (χ3v) is 11.9. The molecule has 3 N–H and O–H groups in total. The average molecular weight is 649 g/mol. The van der Waals surface area contributed by atoms with E-state index in [2.05, 4.69) is 13.5 Å². The summed E-state index contributed by atoms with van der Waals surface area (Å²) < 4.78 is 33.4. The van der Waals surface area contributed by atoms with E-state index in [0.717, 1.165) is 25.7 Å². The lowest BCUT2D eigenvalue weighted by Gasteiger charge is -2.64. The van der Waals surface area contributed by atoms with Crippen LogP contribution in [0.15, 0.2) is 78.9 Å². The van der Waals surface area contributed by atoms with Gasteiger partial charge < -0.3 is 39.0 Å². The van der Waals surface area contributed by atoms with Crippen LogP contribution in [0.2, 0.25) is 0 Å². The van der Waals surface area contributed by atoms with Gasteiger partial charge in [-0.25, -0.2) is 4.79 Å². The van der Waals surface area contributed by atoms with Crippen LogP contribution in [-0.2, 0) is 39.2 Å². The lowest BCUT2D eigenvalue weighted by molar-refractivity contribution is -0.450. The molecule has 12 atom stereocenters. The number of carbonyl (C=O) groups is 2. The molecule has 0 spiro atoms. The molecule has 1 aromatic carbocycles. The number of benzene rings is 1. The second kappa shape index (κ2) is 10.8. The number of epoxide rings is 1. The Morgan fingerprint density at radius 1 is 1.11 bits per heavy atom. The highest BCUT2D eigenvalue weighted by atomic mass is 16.9. The summed E-state index contributed by atoms with van der Waals surface area (Å²) in [5.74, 6) is -4.86. The zero-order chi connectivity index (χ0) is 33.6. The first-order valence-corrected chi connectivity index (χ1v) is 16.6. The number of unbranched alkanes of at least 4 members (excludes halogenated alkanes) is 3.